The zero-order chi connectivity index (χ0) is 25.3. The minimum absolute atomic E-state index is 0.0945. The molecule has 0 N–H and O–H groups in total. The fraction of sp³-hybridized carbons (Fsp3) is 0.367. The second kappa shape index (κ2) is 10.0. The van der Waals surface area contributed by atoms with Gasteiger partial charge >= 0.3 is 6.09 Å². The molecule has 0 radical (unpaired) electrons. The van der Waals surface area contributed by atoms with E-state index in [4.69, 9.17) is 4.74 Å². The SMILES string of the molecule is Cc1cccc(N(Cc2ccc(F)c(F)c2)C(=O)O[C@H]2C[N+]3(C(C)c4ccccc4)CCC2CC3)c1. The van der Waals surface area contributed by atoms with Gasteiger partial charge in [-0.3, -0.25) is 4.90 Å². The molecule has 3 aromatic rings. The van der Waals surface area contributed by atoms with Gasteiger partial charge in [-0.15, -0.1) is 0 Å². The third kappa shape index (κ3) is 4.87. The van der Waals surface area contributed by atoms with E-state index >= 15 is 0 Å². The molecule has 36 heavy (non-hydrogen) atoms. The van der Waals surface area contributed by atoms with Crippen LogP contribution in [0.25, 0.3) is 0 Å². The van der Waals surface area contributed by atoms with Crippen molar-refractivity contribution in [2.75, 3.05) is 24.5 Å². The Morgan fingerprint density at radius 1 is 1.00 bits per heavy atom. The van der Waals surface area contributed by atoms with Gasteiger partial charge in [0, 0.05) is 30.0 Å². The number of hydrogen-bond acceptors (Lipinski definition) is 2. The number of benzene rings is 3. The Morgan fingerprint density at radius 3 is 2.44 bits per heavy atom. The standard InChI is InChI=1S/C30H33F2N2O2/c1-21-7-6-10-26(17-21)33(19-23-11-12-27(31)28(32)18-23)30(35)36-29-20-34(15-13-25(29)14-16-34)22(2)24-8-4-3-5-9-24/h3-12,17-18,22,25,29H,13-16,19-20H2,1-2H3/q+1/t22?,25?,29-,34?/m0/s1. The largest absolute Gasteiger partial charge is 0.440 e. The summed E-state index contributed by atoms with van der Waals surface area (Å²) < 4.78 is 34.6. The molecule has 6 rings (SSSR count). The first-order valence-electron chi connectivity index (χ1n) is 12.7. The van der Waals surface area contributed by atoms with Crippen LogP contribution in [0.4, 0.5) is 19.3 Å². The van der Waals surface area contributed by atoms with Crippen LogP contribution in [0.3, 0.4) is 0 Å². The lowest BCUT2D eigenvalue weighted by Gasteiger charge is -2.55. The average Bonchev–Trinajstić information content (AvgIpc) is 2.90. The molecular formula is C30H33F2N2O2+. The highest BCUT2D eigenvalue weighted by molar-refractivity contribution is 5.87. The highest BCUT2D eigenvalue weighted by Gasteiger charge is 2.50. The summed E-state index contributed by atoms with van der Waals surface area (Å²) in [5.74, 6) is -1.49. The number of piperidine rings is 3. The molecule has 4 nitrogen and oxygen atoms in total. The number of anilines is 1. The molecule has 2 bridgehead atoms. The maximum Gasteiger partial charge on any atom is 0.415 e. The Bertz CT molecular complexity index is 1220. The van der Waals surface area contributed by atoms with Gasteiger partial charge in [-0.1, -0.05) is 48.5 Å². The number of rotatable bonds is 6. The lowest BCUT2D eigenvalue weighted by Crippen LogP contribution is -2.65. The Kier molecular flexibility index (Phi) is 6.80. The predicted octanol–water partition coefficient (Wildman–Crippen LogP) is 6.79. The Labute approximate surface area is 211 Å². The van der Waals surface area contributed by atoms with Gasteiger partial charge in [0.1, 0.15) is 12.6 Å². The fourth-order valence-electron chi connectivity index (χ4n) is 5.96. The first kappa shape index (κ1) is 24.4. The topological polar surface area (TPSA) is 29.5 Å². The molecule has 3 aliphatic heterocycles. The predicted molar refractivity (Wildman–Crippen MR) is 136 cm³/mol. The molecule has 2 atom stereocenters. The third-order valence-corrected chi connectivity index (χ3v) is 8.17. The van der Waals surface area contributed by atoms with Crippen molar-refractivity contribution in [2.45, 2.75) is 45.4 Å². The van der Waals surface area contributed by atoms with Crippen LogP contribution in [0.15, 0.2) is 72.8 Å². The molecule has 1 amide bonds. The van der Waals surface area contributed by atoms with E-state index in [2.05, 4.69) is 31.2 Å². The number of amides is 1. The van der Waals surface area contributed by atoms with Gasteiger partial charge in [0.25, 0.3) is 0 Å². The lowest BCUT2D eigenvalue weighted by molar-refractivity contribution is -0.972. The minimum Gasteiger partial charge on any atom is -0.440 e. The van der Waals surface area contributed by atoms with Crippen molar-refractivity contribution >= 4 is 11.8 Å². The minimum atomic E-state index is -0.927. The average molecular weight is 492 g/mol. The van der Waals surface area contributed by atoms with E-state index in [0.29, 0.717) is 23.2 Å². The summed E-state index contributed by atoms with van der Waals surface area (Å²) in [7, 11) is 0. The monoisotopic (exact) mass is 491 g/mol. The number of quaternary nitrogens is 1. The van der Waals surface area contributed by atoms with Crippen LogP contribution in [0, 0.1) is 24.5 Å². The molecule has 1 unspecified atom stereocenters. The number of hydrogen-bond donors (Lipinski definition) is 0. The van der Waals surface area contributed by atoms with Crippen LogP contribution in [-0.4, -0.2) is 36.3 Å². The van der Waals surface area contributed by atoms with Crippen molar-refractivity contribution in [2.24, 2.45) is 5.92 Å². The van der Waals surface area contributed by atoms with Crippen LogP contribution >= 0.6 is 0 Å². The maximum atomic E-state index is 13.9. The summed E-state index contributed by atoms with van der Waals surface area (Å²) in [5, 5.41) is 0. The Balaban J connectivity index is 1.38. The number of carbonyl (C=O) groups is 1. The van der Waals surface area contributed by atoms with Crippen molar-refractivity contribution in [1.82, 2.24) is 0 Å². The summed E-state index contributed by atoms with van der Waals surface area (Å²) >= 11 is 0. The van der Waals surface area contributed by atoms with E-state index in [1.54, 1.807) is 0 Å². The summed E-state index contributed by atoms with van der Waals surface area (Å²) in [6, 6.07) is 22.2. The highest BCUT2D eigenvalue weighted by atomic mass is 19.2. The summed E-state index contributed by atoms with van der Waals surface area (Å²) in [6.45, 7) is 7.30. The van der Waals surface area contributed by atoms with Crippen LogP contribution in [0.1, 0.15) is 42.5 Å². The van der Waals surface area contributed by atoms with E-state index in [0.717, 1.165) is 54.7 Å². The second-order valence-electron chi connectivity index (χ2n) is 10.4. The van der Waals surface area contributed by atoms with Crippen molar-refractivity contribution in [3.8, 4) is 0 Å². The molecule has 188 valence electrons. The van der Waals surface area contributed by atoms with E-state index in [9.17, 15) is 13.6 Å². The van der Waals surface area contributed by atoms with Crippen LogP contribution in [0.5, 0.6) is 0 Å². The molecule has 0 aromatic heterocycles. The van der Waals surface area contributed by atoms with Crippen molar-refractivity contribution in [3.63, 3.8) is 0 Å². The van der Waals surface area contributed by atoms with Crippen molar-refractivity contribution < 1.29 is 22.8 Å². The summed E-state index contributed by atoms with van der Waals surface area (Å²) in [4.78, 5) is 15.2. The van der Waals surface area contributed by atoms with Crippen molar-refractivity contribution in [1.29, 1.82) is 0 Å². The van der Waals surface area contributed by atoms with E-state index < -0.39 is 17.7 Å². The van der Waals surface area contributed by atoms with Crippen LogP contribution in [0.2, 0.25) is 0 Å². The molecule has 0 saturated carbocycles. The number of nitrogens with zero attached hydrogens (tertiary/aromatic N) is 2. The molecule has 6 heteroatoms. The molecular weight excluding hydrogens is 458 g/mol. The smallest absolute Gasteiger partial charge is 0.415 e. The normalized spacial score (nSPS) is 23.8. The van der Waals surface area contributed by atoms with Gasteiger partial charge in [0.2, 0.25) is 0 Å². The first-order chi connectivity index (χ1) is 17.3. The van der Waals surface area contributed by atoms with Crippen molar-refractivity contribution in [3.05, 3.63) is 101 Å². The van der Waals surface area contributed by atoms with E-state index in [1.807, 2.05) is 37.3 Å². The van der Waals surface area contributed by atoms with Gasteiger partial charge in [-0.25, -0.2) is 13.6 Å². The zero-order valence-electron chi connectivity index (χ0n) is 20.9. The molecule has 3 aromatic carbocycles. The molecule has 3 heterocycles. The molecule has 3 aliphatic rings. The first-order valence-corrected chi connectivity index (χ1v) is 12.7. The number of aryl methyl sites for hydroxylation is 1. The number of fused-ring (bicyclic) bond motifs is 3. The zero-order valence-corrected chi connectivity index (χ0v) is 20.9. The molecule has 3 saturated heterocycles. The van der Waals surface area contributed by atoms with Gasteiger partial charge < -0.3 is 9.22 Å². The van der Waals surface area contributed by atoms with E-state index in [1.165, 1.54) is 16.5 Å². The maximum absolute atomic E-state index is 13.9. The Morgan fingerprint density at radius 2 is 1.75 bits per heavy atom. The van der Waals surface area contributed by atoms with E-state index in [-0.39, 0.29) is 12.6 Å². The molecule has 0 aliphatic carbocycles. The summed E-state index contributed by atoms with van der Waals surface area (Å²) in [5.41, 5.74) is 3.48. The quantitative estimate of drug-likeness (QED) is 0.356. The van der Waals surface area contributed by atoms with Crippen LogP contribution in [-0.2, 0) is 11.3 Å². The second-order valence-corrected chi connectivity index (χ2v) is 10.4. The lowest BCUT2D eigenvalue weighted by atomic mass is 9.81. The third-order valence-electron chi connectivity index (χ3n) is 8.17. The van der Waals surface area contributed by atoms with Crippen LogP contribution < -0.4 is 4.90 Å². The number of carbonyl (C=O) groups excluding carboxylic acids is 1. The van der Waals surface area contributed by atoms with Gasteiger partial charge in [0.05, 0.1) is 19.6 Å². The van der Waals surface area contributed by atoms with Gasteiger partial charge in [-0.2, -0.15) is 0 Å². The fourth-order valence-corrected chi connectivity index (χ4v) is 5.96. The number of ether oxygens (including phenoxy) is 1. The highest BCUT2D eigenvalue weighted by Crippen LogP contribution is 2.42. The molecule has 3 fully saturated rings. The van der Waals surface area contributed by atoms with Gasteiger partial charge in [-0.05, 0) is 49.2 Å². The molecule has 0 spiro atoms. The summed E-state index contributed by atoms with van der Waals surface area (Å²) in [6.07, 6.45) is 1.43. The Hall–Kier alpha value is -3.25. The number of halogens is 2. The van der Waals surface area contributed by atoms with Gasteiger partial charge in [0.15, 0.2) is 17.7 Å².